The van der Waals surface area contributed by atoms with Crippen LogP contribution in [0.4, 0.5) is 0 Å². The van der Waals surface area contributed by atoms with E-state index in [1.165, 1.54) is 11.1 Å². The molecule has 0 bridgehead atoms. The summed E-state index contributed by atoms with van der Waals surface area (Å²) in [6.07, 6.45) is 0.830. The molecule has 0 aliphatic heterocycles. The van der Waals surface area contributed by atoms with E-state index in [1.807, 2.05) is 60.7 Å². The minimum absolute atomic E-state index is 0.0233. The van der Waals surface area contributed by atoms with Crippen molar-refractivity contribution in [2.45, 2.75) is 19.0 Å². The molecule has 4 heteroatoms. The van der Waals surface area contributed by atoms with Gasteiger partial charge in [-0.2, -0.15) is 0 Å². The Balaban J connectivity index is 1.55. The molecule has 144 valence electrons. The summed E-state index contributed by atoms with van der Waals surface area (Å²) in [6.45, 7) is 0.766. The van der Waals surface area contributed by atoms with Crippen LogP contribution >= 0.6 is 0 Å². The second-order valence-electron chi connectivity index (χ2n) is 6.66. The van der Waals surface area contributed by atoms with Crippen LogP contribution in [0, 0.1) is 0 Å². The van der Waals surface area contributed by atoms with Gasteiger partial charge in [0.05, 0.1) is 13.7 Å². The SMILES string of the molecule is COc1ccc(CNC(=O)CNC(Cc2ccccc2)c2ccccc2)cc1. The molecule has 28 heavy (non-hydrogen) atoms. The summed E-state index contributed by atoms with van der Waals surface area (Å²) in [6, 6.07) is 28.3. The number of benzene rings is 3. The Morgan fingerprint density at radius 3 is 2.14 bits per heavy atom. The largest absolute Gasteiger partial charge is 0.497 e. The number of nitrogens with one attached hydrogen (secondary N) is 2. The third-order valence-electron chi connectivity index (χ3n) is 4.64. The number of hydrogen-bond acceptors (Lipinski definition) is 3. The maximum atomic E-state index is 12.3. The Morgan fingerprint density at radius 1 is 0.857 bits per heavy atom. The van der Waals surface area contributed by atoms with Gasteiger partial charge in [-0.3, -0.25) is 4.79 Å². The van der Waals surface area contributed by atoms with E-state index in [-0.39, 0.29) is 18.5 Å². The Labute approximate surface area is 166 Å². The van der Waals surface area contributed by atoms with Crippen molar-refractivity contribution in [2.75, 3.05) is 13.7 Å². The van der Waals surface area contributed by atoms with Crippen LogP contribution in [0.25, 0.3) is 0 Å². The Morgan fingerprint density at radius 2 is 1.50 bits per heavy atom. The van der Waals surface area contributed by atoms with Gasteiger partial charge in [-0.1, -0.05) is 72.8 Å². The van der Waals surface area contributed by atoms with Gasteiger partial charge in [-0.15, -0.1) is 0 Å². The first kappa shape index (κ1) is 19.6. The summed E-state index contributed by atoms with van der Waals surface area (Å²) < 4.78 is 5.15. The average Bonchev–Trinajstić information content (AvgIpc) is 2.77. The van der Waals surface area contributed by atoms with E-state index in [2.05, 4.69) is 34.9 Å². The van der Waals surface area contributed by atoms with Crippen molar-refractivity contribution in [3.05, 3.63) is 102 Å². The van der Waals surface area contributed by atoms with Crippen LogP contribution in [0.3, 0.4) is 0 Å². The van der Waals surface area contributed by atoms with Crippen molar-refractivity contribution in [3.63, 3.8) is 0 Å². The number of methoxy groups -OCH3 is 1. The highest BCUT2D eigenvalue weighted by Gasteiger charge is 2.13. The van der Waals surface area contributed by atoms with Crippen LogP contribution < -0.4 is 15.4 Å². The number of carbonyl (C=O) groups is 1. The average molecular weight is 374 g/mol. The lowest BCUT2D eigenvalue weighted by molar-refractivity contribution is -0.120. The summed E-state index contributed by atoms with van der Waals surface area (Å²) in [5, 5.41) is 6.37. The predicted molar refractivity (Wildman–Crippen MR) is 112 cm³/mol. The highest BCUT2D eigenvalue weighted by molar-refractivity contribution is 5.78. The fourth-order valence-electron chi connectivity index (χ4n) is 3.07. The molecule has 1 unspecified atom stereocenters. The second kappa shape index (κ2) is 10.3. The maximum Gasteiger partial charge on any atom is 0.234 e. The molecule has 4 nitrogen and oxygen atoms in total. The van der Waals surface area contributed by atoms with E-state index in [1.54, 1.807) is 7.11 Å². The lowest BCUT2D eigenvalue weighted by Gasteiger charge is -2.19. The zero-order chi connectivity index (χ0) is 19.6. The third-order valence-corrected chi connectivity index (χ3v) is 4.64. The van der Waals surface area contributed by atoms with E-state index in [0.29, 0.717) is 6.54 Å². The van der Waals surface area contributed by atoms with Gasteiger partial charge in [-0.25, -0.2) is 0 Å². The van der Waals surface area contributed by atoms with Gasteiger partial charge in [0.1, 0.15) is 5.75 Å². The summed E-state index contributed by atoms with van der Waals surface area (Å²) in [5.41, 5.74) is 3.45. The maximum absolute atomic E-state index is 12.3. The second-order valence-corrected chi connectivity index (χ2v) is 6.66. The molecule has 0 saturated carbocycles. The number of hydrogen-bond donors (Lipinski definition) is 2. The van der Waals surface area contributed by atoms with Crippen LogP contribution in [0.1, 0.15) is 22.7 Å². The minimum atomic E-state index is -0.0233. The zero-order valence-corrected chi connectivity index (χ0v) is 16.1. The van der Waals surface area contributed by atoms with Crippen molar-refractivity contribution in [3.8, 4) is 5.75 Å². The van der Waals surface area contributed by atoms with E-state index < -0.39 is 0 Å². The summed E-state index contributed by atoms with van der Waals surface area (Å²) in [7, 11) is 1.64. The van der Waals surface area contributed by atoms with Crippen LogP contribution in [0.2, 0.25) is 0 Å². The molecule has 3 aromatic carbocycles. The van der Waals surface area contributed by atoms with Crippen LogP contribution in [-0.4, -0.2) is 19.6 Å². The summed E-state index contributed by atoms with van der Waals surface area (Å²) >= 11 is 0. The third kappa shape index (κ3) is 5.96. The number of carbonyl (C=O) groups excluding carboxylic acids is 1. The Kier molecular flexibility index (Phi) is 7.21. The molecule has 0 aliphatic carbocycles. The highest BCUT2D eigenvalue weighted by atomic mass is 16.5. The minimum Gasteiger partial charge on any atom is -0.497 e. The normalized spacial score (nSPS) is 11.6. The van der Waals surface area contributed by atoms with Crippen LogP contribution in [0.5, 0.6) is 5.75 Å². The fourth-order valence-corrected chi connectivity index (χ4v) is 3.07. The van der Waals surface area contributed by atoms with Crippen molar-refractivity contribution in [2.24, 2.45) is 0 Å². The molecular formula is C24H26N2O2. The highest BCUT2D eigenvalue weighted by Crippen LogP contribution is 2.18. The van der Waals surface area contributed by atoms with Gasteiger partial charge in [-0.05, 0) is 35.2 Å². The fraction of sp³-hybridized carbons (Fsp3) is 0.208. The smallest absolute Gasteiger partial charge is 0.234 e. The first-order valence-electron chi connectivity index (χ1n) is 9.46. The lowest BCUT2D eigenvalue weighted by atomic mass is 9.99. The van der Waals surface area contributed by atoms with Crippen molar-refractivity contribution in [1.82, 2.24) is 10.6 Å². The molecule has 2 N–H and O–H groups in total. The van der Waals surface area contributed by atoms with Crippen LogP contribution in [-0.2, 0) is 17.8 Å². The molecule has 0 aliphatic rings. The van der Waals surface area contributed by atoms with Crippen molar-refractivity contribution >= 4 is 5.91 Å². The van der Waals surface area contributed by atoms with E-state index in [4.69, 9.17) is 4.74 Å². The molecule has 1 amide bonds. The first-order valence-corrected chi connectivity index (χ1v) is 9.46. The van der Waals surface area contributed by atoms with Gasteiger partial charge < -0.3 is 15.4 Å². The van der Waals surface area contributed by atoms with Crippen LogP contribution in [0.15, 0.2) is 84.9 Å². The molecule has 0 aromatic heterocycles. The molecule has 0 saturated heterocycles. The van der Waals surface area contributed by atoms with E-state index >= 15 is 0 Å². The van der Waals surface area contributed by atoms with Gasteiger partial charge in [0.2, 0.25) is 5.91 Å². The number of amides is 1. The predicted octanol–water partition coefficient (Wildman–Crippen LogP) is 3.89. The molecule has 3 rings (SSSR count). The molecule has 1 atom stereocenters. The molecular weight excluding hydrogens is 348 g/mol. The van der Waals surface area contributed by atoms with Gasteiger partial charge in [0.15, 0.2) is 0 Å². The van der Waals surface area contributed by atoms with E-state index in [9.17, 15) is 4.79 Å². The quantitative estimate of drug-likeness (QED) is 0.597. The molecule has 0 fully saturated rings. The summed E-state index contributed by atoms with van der Waals surface area (Å²) in [5.74, 6) is 0.785. The topological polar surface area (TPSA) is 50.4 Å². The van der Waals surface area contributed by atoms with Gasteiger partial charge in [0, 0.05) is 12.6 Å². The Bertz CT molecular complexity index is 849. The first-order chi connectivity index (χ1) is 13.7. The molecule has 0 heterocycles. The standard InChI is InChI=1S/C24H26N2O2/c1-28-22-14-12-20(13-15-22)17-26-24(27)18-25-23(21-10-6-3-7-11-21)16-19-8-4-2-5-9-19/h2-15,23,25H,16-18H2,1H3,(H,26,27). The van der Waals surface area contributed by atoms with Gasteiger partial charge in [0.25, 0.3) is 0 Å². The molecule has 3 aromatic rings. The van der Waals surface area contributed by atoms with Crippen molar-refractivity contribution in [1.29, 1.82) is 0 Å². The van der Waals surface area contributed by atoms with E-state index in [0.717, 1.165) is 17.7 Å². The zero-order valence-electron chi connectivity index (χ0n) is 16.1. The number of rotatable bonds is 9. The van der Waals surface area contributed by atoms with Gasteiger partial charge >= 0.3 is 0 Å². The summed E-state index contributed by atoms with van der Waals surface area (Å²) in [4.78, 5) is 12.3. The monoisotopic (exact) mass is 374 g/mol. The Hall–Kier alpha value is -3.11. The number of ether oxygens (including phenoxy) is 1. The lowest BCUT2D eigenvalue weighted by Crippen LogP contribution is -2.36. The molecule has 0 radical (unpaired) electrons. The van der Waals surface area contributed by atoms with Crippen molar-refractivity contribution < 1.29 is 9.53 Å². The molecule has 0 spiro atoms.